The van der Waals surface area contributed by atoms with E-state index in [4.69, 9.17) is 0 Å². The Balaban J connectivity index is 2.31. The monoisotopic (exact) mass is 251 g/mol. The average Bonchev–Trinajstić information content (AvgIpc) is 2.91. The molecular formula is C11H17N5S. The van der Waals surface area contributed by atoms with Crippen molar-refractivity contribution in [1.82, 2.24) is 24.7 Å². The third-order valence-electron chi connectivity index (χ3n) is 2.68. The van der Waals surface area contributed by atoms with Gasteiger partial charge in [0, 0.05) is 18.8 Å². The highest BCUT2D eigenvalue weighted by Crippen LogP contribution is 2.27. The highest BCUT2D eigenvalue weighted by molar-refractivity contribution is 7.05. The average molecular weight is 251 g/mol. The van der Waals surface area contributed by atoms with Crippen molar-refractivity contribution in [3.8, 4) is 0 Å². The highest BCUT2D eigenvalue weighted by Gasteiger charge is 2.20. The van der Waals surface area contributed by atoms with Crippen LogP contribution in [-0.4, -0.2) is 26.4 Å². The second kappa shape index (κ2) is 5.37. The molecule has 0 aliphatic rings. The number of rotatable bonds is 5. The summed E-state index contributed by atoms with van der Waals surface area (Å²) < 4.78 is 5.88. The third-order valence-corrected chi connectivity index (χ3v) is 3.51. The van der Waals surface area contributed by atoms with Crippen LogP contribution in [0.4, 0.5) is 0 Å². The molecule has 0 spiro atoms. The molecule has 0 fully saturated rings. The Labute approximate surface area is 105 Å². The first kappa shape index (κ1) is 12.2. The Morgan fingerprint density at radius 2 is 2.35 bits per heavy atom. The van der Waals surface area contributed by atoms with E-state index in [9.17, 15) is 0 Å². The summed E-state index contributed by atoms with van der Waals surface area (Å²) in [5.74, 6) is 0. The standard InChI is InChI=1S/C11H17N5S/c1-4-5-9-11(17-15-14-9)10(12-2)8-6-13-16(3)7-8/h6-7,10,12H,4-5H2,1-3H3. The van der Waals surface area contributed by atoms with Crippen molar-refractivity contribution >= 4 is 11.5 Å². The van der Waals surface area contributed by atoms with E-state index in [1.165, 1.54) is 16.4 Å². The van der Waals surface area contributed by atoms with Crippen LogP contribution in [0.1, 0.15) is 35.5 Å². The molecule has 92 valence electrons. The van der Waals surface area contributed by atoms with Gasteiger partial charge < -0.3 is 5.32 Å². The first-order valence-corrected chi connectivity index (χ1v) is 6.50. The van der Waals surface area contributed by atoms with Crippen molar-refractivity contribution < 1.29 is 0 Å². The molecule has 0 aromatic carbocycles. The normalized spacial score (nSPS) is 12.9. The van der Waals surface area contributed by atoms with Gasteiger partial charge in [-0.2, -0.15) is 5.10 Å². The summed E-state index contributed by atoms with van der Waals surface area (Å²) in [5.41, 5.74) is 2.25. The number of aryl methyl sites for hydroxylation is 2. The molecule has 0 amide bonds. The van der Waals surface area contributed by atoms with Gasteiger partial charge in [-0.3, -0.25) is 4.68 Å². The lowest BCUT2D eigenvalue weighted by Crippen LogP contribution is -2.17. The molecule has 2 aromatic heterocycles. The minimum absolute atomic E-state index is 0.144. The quantitative estimate of drug-likeness (QED) is 0.875. The molecule has 2 rings (SSSR count). The van der Waals surface area contributed by atoms with Crippen LogP contribution >= 0.6 is 11.5 Å². The van der Waals surface area contributed by atoms with Gasteiger partial charge in [-0.15, -0.1) is 5.10 Å². The Morgan fingerprint density at radius 3 is 2.94 bits per heavy atom. The van der Waals surface area contributed by atoms with Crippen LogP contribution in [0.5, 0.6) is 0 Å². The van der Waals surface area contributed by atoms with E-state index >= 15 is 0 Å². The minimum Gasteiger partial charge on any atom is -0.308 e. The molecule has 1 unspecified atom stereocenters. The fourth-order valence-corrected chi connectivity index (χ4v) is 2.72. The van der Waals surface area contributed by atoms with Crippen molar-refractivity contribution in [2.45, 2.75) is 25.8 Å². The van der Waals surface area contributed by atoms with E-state index in [2.05, 4.69) is 26.9 Å². The maximum atomic E-state index is 4.21. The number of nitrogens with one attached hydrogen (secondary N) is 1. The molecule has 0 radical (unpaired) electrons. The van der Waals surface area contributed by atoms with Crippen LogP contribution in [-0.2, 0) is 13.5 Å². The number of nitrogens with zero attached hydrogens (tertiary/aromatic N) is 4. The largest absolute Gasteiger partial charge is 0.308 e. The van der Waals surface area contributed by atoms with Crippen molar-refractivity contribution in [2.24, 2.45) is 7.05 Å². The molecule has 2 aromatic rings. The lowest BCUT2D eigenvalue weighted by Gasteiger charge is -2.13. The molecule has 1 N–H and O–H groups in total. The van der Waals surface area contributed by atoms with Crippen molar-refractivity contribution in [2.75, 3.05) is 7.05 Å². The van der Waals surface area contributed by atoms with Crippen LogP contribution in [0.2, 0.25) is 0 Å². The Hall–Kier alpha value is -1.27. The molecule has 0 saturated carbocycles. The first-order chi connectivity index (χ1) is 8.26. The molecule has 0 saturated heterocycles. The topological polar surface area (TPSA) is 55.6 Å². The van der Waals surface area contributed by atoms with Crippen LogP contribution < -0.4 is 5.32 Å². The number of hydrogen-bond donors (Lipinski definition) is 1. The summed E-state index contributed by atoms with van der Waals surface area (Å²) in [7, 11) is 3.88. The van der Waals surface area contributed by atoms with Gasteiger partial charge in [0.15, 0.2) is 0 Å². The fourth-order valence-electron chi connectivity index (χ4n) is 1.88. The zero-order valence-electron chi connectivity index (χ0n) is 10.3. The maximum Gasteiger partial charge on any atom is 0.0807 e. The van der Waals surface area contributed by atoms with E-state index in [-0.39, 0.29) is 6.04 Å². The van der Waals surface area contributed by atoms with E-state index in [0.29, 0.717) is 0 Å². The van der Waals surface area contributed by atoms with Gasteiger partial charge >= 0.3 is 0 Å². The van der Waals surface area contributed by atoms with Crippen molar-refractivity contribution in [3.63, 3.8) is 0 Å². The smallest absolute Gasteiger partial charge is 0.0807 e. The third kappa shape index (κ3) is 2.53. The van der Waals surface area contributed by atoms with Crippen LogP contribution in [0, 0.1) is 0 Å². The van der Waals surface area contributed by atoms with Gasteiger partial charge in [-0.05, 0) is 25.0 Å². The van der Waals surface area contributed by atoms with Crippen LogP contribution in [0.15, 0.2) is 12.4 Å². The predicted octanol–water partition coefficient (Wildman–Crippen LogP) is 1.53. The summed E-state index contributed by atoms with van der Waals surface area (Å²) in [6.07, 6.45) is 5.97. The predicted molar refractivity (Wildman–Crippen MR) is 68.0 cm³/mol. The molecule has 0 bridgehead atoms. The molecule has 6 heteroatoms. The Kier molecular flexibility index (Phi) is 3.86. The lowest BCUT2D eigenvalue weighted by molar-refractivity contribution is 0.686. The number of hydrogen-bond acceptors (Lipinski definition) is 5. The summed E-state index contributed by atoms with van der Waals surface area (Å²) in [5, 5.41) is 11.7. The summed E-state index contributed by atoms with van der Waals surface area (Å²) in [4.78, 5) is 1.20. The van der Waals surface area contributed by atoms with Gasteiger partial charge in [0.05, 0.1) is 22.8 Å². The first-order valence-electron chi connectivity index (χ1n) is 5.73. The van der Waals surface area contributed by atoms with Crippen molar-refractivity contribution in [3.05, 3.63) is 28.5 Å². The second-order valence-corrected chi connectivity index (χ2v) is 4.79. The molecule has 2 heterocycles. The fraction of sp³-hybridized carbons (Fsp3) is 0.545. The zero-order chi connectivity index (χ0) is 12.3. The Bertz CT molecular complexity index is 476. The SMILES string of the molecule is CCCc1nnsc1C(NC)c1cnn(C)c1. The molecule has 5 nitrogen and oxygen atoms in total. The molecule has 0 aliphatic carbocycles. The maximum absolute atomic E-state index is 4.21. The van der Waals surface area contributed by atoms with Crippen LogP contribution in [0.3, 0.4) is 0 Å². The van der Waals surface area contributed by atoms with Gasteiger partial charge in [0.25, 0.3) is 0 Å². The van der Waals surface area contributed by atoms with Gasteiger partial charge in [-0.25, -0.2) is 0 Å². The van der Waals surface area contributed by atoms with Crippen molar-refractivity contribution in [1.29, 1.82) is 0 Å². The number of aromatic nitrogens is 4. The van der Waals surface area contributed by atoms with Gasteiger partial charge in [0.1, 0.15) is 0 Å². The highest BCUT2D eigenvalue weighted by atomic mass is 32.1. The van der Waals surface area contributed by atoms with E-state index in [1.807, 2.05) is 31.2 Å². The Morgan fingerprint density at radius 1 is 1.53 bits per heavy atom. The van der Waals surface area contributed by atoms with Gasteiger partial charge in [-0.1, -0.05) is 17.8 Å². The lowest BCUT2D eigenvalue weighted by atomic mass is 10.1. The summed E-state index contributed by atoms with van der Waals surface area (Å²) in [6, 6.07) is 0.144. The molecule has 17 heavy (non-hydrogen) atoms. The molecule has 0 aliphatic heterocycles. The summed E-state index contributed by atoms with van der Waals surface area (Å²) in [6.45, 7) is 2.15. The van der Waals surface area contributed by atoms with Crippen LogP contribution in [0.25, 0.3) is 0 Å². The molecule has 1 atom stereocenters. The van der Waals surface area contributed by atoms with Gasteiger partial charge in [0.2, 0.25) is 0 Å². The minimum atomic E-state index is 0.144. The second-order valence-electron chi connectivity index (χ2n) is 4.00. The van der Waals surface area contributed by atoms with E-state index < -0.39 is 0 Å². The van der Waals surface area contributed by atoms with E-state index in [1.54, 1.807) is 0 Å². The van der Waals surface area contributed by atoms with E-state index in [0.717, 1.165) is 24.1 Å². The summed E-state index contributed by atoms with van der Waals surface area (Å²) >= 11 is 1.47. The molecular weight excluding hydrogens is 234 g/mol. The zero-order valence-corrected chi connectivity index (χ0v) is 11.2.